The third-order valence-corrected chi connectivity index (χ3v) is 8.30. The van der Waals surface area contributed by atoms with Gasteiger partial charge in [0.25, 0.3) is 0 Å². The molecule has 188 valence electrons. The summed E-state index contributed by atoms with van der Waals surface area (Å²) in [6.45, 7) is 1.08. The van der Waals surface area contributed by atoms with Crippen molar-refractivity contribution < 1.29 is 4.79 Å². The summed E-state index contributed by atoms with van der Waals surface area (Å²) >= 11 is 0. The van der Waals surface area contributed by atoms with E-state index in [1.54, 1.807) is 0 Å². The molecular weight excluding hydrogens is 454 g/mol. The maximum atomic E-state index is 13.4. The Morgan fingerprint density at radius 2 is 1.74 bits per heavy atom. The second kappa shape index (κ2) is 12.2. The number of fused-ring (bicyclic) bond motifs is 1. The van der Waals surface area contributed by atoms with E-state index in [-0.39, 0.29) is 18.3 Å². The number of hydrogen-bond acceptors (Lipinski definition) is 3. The number of nitrogens with two attached hydrogens (primary N) is 1. The SMILES string of the molecule is Cl.NC1CCC(CC(=O)CC(c2cccnc2)c2cn(CC3CCCCC3)c3ccccc23)CC1. The average Bonchev–Trinajstić information content (AvgIpc) is 3.23. The minimum Gasteiger partial charge on any atom is -0.347 e. The van der Waals surface area contributed by atoms with Crippen LogP contribution in [-0.4, -0.2) is 21.4 Å². The van der Waals surface area contributed by atoms with E-state index in [9.17, 15) is 4.79 Å². The molecule has 2 N–H and O–H groups in total. The van der Waals surface area contributed by atoms with Gasteiger partial charge in [-0.1, -0.05) is 43.5 Å². The molecule has 2 aromatic heterocycles. The zero-order chi connectivity index (χ0) is 23.3. The molecule has 35 heavy (non-hydrogen) atoms. The van der Waals surface area contributed by atoms with Crippen molar-refractivity contribution >= 4 is 29.1 Å². The summed E-state index contributed by atoms with van der Waals surface area (Å²) in [5.41, 5.74) is 9.80. The number of nitrogens with zero attached hydrogens (tertiary/aromatic N) is 2. The highest BCUT2D eigenvalue weighted by Crippen LogP contribution is 2.37. The Balaban J connectivity index is 0.00000289. The zero-order valence-corrected chi connectivity index (χ0v) is 21.6. The largest absolute Gasteiger partial charge is 0.347 e. The van der Waals surface area contributed by atoms with Gasteiger partial charge in [0.2, 0.25) is 0 Å². The van der Waals surface area contributed by atoms with Crippen LogP contribution in [0, 0.1) is 11.8 Å². The van der Waals surface area contributed by atoms with Gasteiger partial charge < -0.3 is 10.3 Å². The number of pyridine rings is 1. The monoisotopic (exact) mass is 493 g/mol. The van der Waals surface area contributed by atoms with Gasteiger partial charge in [-0.05, 0) is 73.6 Å². The summed E-state index contributed by atoms with van der Waals surface area (Å²) in [5.74, 6) is 1.67. The van der Waals surface area contributed by atoms with Crippen LogP contribution in [0.25, 0.3) is 10.9 Å². The van der Waals surface area contributed by atoms with Gasteiger partial charge in [-0.3, -0.25) is 9.78 Å². The second-order valence-electron chi connectivity index (χ2n) is 10.8. The minimum absolute atomic E-state index is 0. The van der Waals surface area contributed by atoms with Crippen LogP contribution in [0.5, 0.6) is 0 Å². The minimum atomic E-state index is 0. The predicted molar refractivity (Wildman–Crippen MR) is 146 cm³/mol. The summed E-state index contributed by atoms with van der Waals surface area (Å²) in [5, 5.41) is 1.28. The number of benzene rings is 1. The molecule has 0 bridgehead atoms. The van der Waals surface area contributed by atoms with E-state index in [2.05, 4.69) is 46.1 Å². The van der Waals surface area contributed by atoms with Crippen molar-refractivity contribution in [1.29, 1.82) is 0 Å². The summed E-state index contributed by atoms with van der Waals surface area (Å²) in [6, 6.07) is 13.2. The fourth-order valence-electron chi connectivity index (χ4n) is 6.37. The van der Waals surface area contributed by atoms with Gasteiger partial charge in [-0.25, -0.2) is 0 Å². The molecule has 1 atom stereocenters. The van der Waals surface area contributed by atoms with E-state index < -0.39 is 0 Å². The van der Waals surface area contributed by atoms with Gasteiger partial charge in [0.15, 0.2) is 0 Å². The first-order chi connectivity index (χ1) is 16.7. The van der Waals surface area contributed by atoms with Crippen LogP contribution in [0.15, 0.2) is 55.0 Å². The maximum absolute atomic E-state index is 13.4. The predicted octanol–water partition coefficient (Wildman–Crippen LogP) is 7.04. The molecule has 3 aromatic rings. The Morgan fingerprint density at radius 1 is 0.971 bits per heavy atom. The number of halogens is 1. The number of Topliss-reactive ketones (excluding diaryl/α,β-unsaturated/α-hetero) is 1. The van der Waals surface area contributed by atoms with Crippen molar-refractivity contribution in [2.45, 2.75) is 89.1 Å². The highest BCUT2D eigenvalue weighted by atomic mass is 35.5. The van der Waals surface area contributed by atoms with E-state index >= 15 is 0 Å². The van der Waals surface area contributed by atoms with Crippen molar-refractivity contribution in [2.75, 3.05) is 0 Å². The topological polar surface area (TPSA) is 60.9 Å². The molecule has 2 aliphatic carbocycles. The van der Waals surface area contributed by atoms with Crippen LogP contribution in [-0.2, 0) is 11.3 Å². The van der Waals surface area contributed by atoms with Gasteiger partial charge in [-0.15, -0.1) is 12.4 Å². The molecule has 0 radical (unpaired) electrons. The van der Waals surface area contributed by atoms with Crippen molar-refractivity contribution in [1.82, 2.24) is 9.55 Å². The third-order valence-electron chi connectivity index (χ3n) is 8.30. The summed E-state index contributed by atoms with van der Waals surface area (Å²) < 4.78 is 2.47. The number of ketones is 1. The molecule has 2 saturated carbocycles. The van der Waals surface area contributed by atoms with Crippen molar-refractivity contribution in [2.24, 2.45) is 17.6 Å². The number of carbonyl (C=O) groups is 1. The number of para-hydroxylation sites is 1. The van der Waals surface area contributed by atoms with Gasteiger partial charge in [-0.2, -0.15) is 0 Å². The number of carbonyl (C=O) groups excluding carboxylic acids is 1. The third kappa shape index (κ3) is 6.34. The lowest BCUT2D eigenvalue weighted by Crippen LogP contribution is -2.27. The maximum Gasteiger partial charge on any atom is 0.134 e. The first kappa shape index (κ1) is 25.9. The molecule has 1 unspecified atom stereocenters. The molecule has 0 aliphatic heterocycles. The summed E-state index contributed by atoms with van der Waals surface area (Å²) in [7, 11) is 0. The van der Waals surface area contributed by atoms with Crippen LogP contribution >= 0.6 is 12.4 Å². The van der Waals surface area contributed by atoms with E-state index in [1.807, 2.05) is 18.5 Å². The van der Waals surface area contributed by atoms with Gasteiger partial charge in [0.1, 0.15) is 5.78 Å². The van der Waals surface area contributed by atoms with E-state index in [1.165, 1.54) is 48.6 Å². The number of hydrogen-bond donors (Lipinski definition) is 1. The van der Waals surface area contributed by atoms with E-state index in [4.69, 9.17) is 5.73 Å². The zero-order valence-electron chi connectivity index (χ0n) is 20.8. The lowest BCUT2D eigenvalue weighted by atomic mass is 9.81. The van der Waals surface area contributed by atoms with E-state index in [0.717, 1.165) is 43.7 Å². The van der Waals surface area contributed by atoms with Crippen molar-refractivity contribution in [3.05, 3.63) is 66.1 Å². The Hall–Kier alpha value is -2.17. The van der Waals surface area contributed by atoms with Gasteiger partial charge >= 0.3 is 0 Å². The molecule has 5 rings (SSSR count). The van der Waals surface area contributed by atoms with Crippen LogP contribution < -0.4 is 5.73 Å². The molecule has 2 heterocycles. The van der Waals surface area contributed by atoms with Crippen molar-refractivity contribution in [3.63, 3.8) is 0 Å². The fourth-order valence-corrected chi connectivity index (χ4v) is 6.37. The fraction of sp³-hybridized carbons (Fsp3) is 0.533. The molecule has 5 heteroatoms. The van der Waals surface area contributed by atoms with E-state index in [0.29, 0.717) is 30.6 Å². The lowest BCUT2D eigenvalue weighted by molar-refractivity contribution is -0.120. The van der Waals surface area contributed by atoms with Crippen LogP contribution in [0.3, 0.4) is 0 Å². The highest BCUT2D eigenvalue weighted by Gasteiger charge is 2.26. The van der Waals surface area contributed by atoms with Crippen LogP contribution in [0.4, 0.5) is 0 Å². The Labute approximate surface area is 216 Å². The molecule has 1 aromatic carbocycles. The summed E-state index contributed by atoms with van der Waals surface area (Å²) in [6.07, 6.45) is 18.4. The molecular formula is C30H40ClN3O. The molecule has 0 amide bonds. The molecule has 0 saturated heterocycles. The number of aromatic nitrogens is 2. The smallest absolute Gasteiger partial charge is 0.134 e. The average molecular weight is 494 g/mol. The quantitative estimate of drug-likeness (QED) is 0.366. The molecule has 2 fully saturated rings. The number of rotatable bonds is 8. The molecule has 2 aliphatic rings. The molecule has 0 spiro atoms. The van der Waals surface area contributed by atoms with Crippen LogP contribution in [0.1, 0.15) is 87.7 Å². The highest BCUT2D eigenvalue weighted by molar-refractivity contribution is 5.87. The Bertz CT molecular complexity index is 1080. The lowest BCUT2D eigenvalue weighted by Gasteiger charge is -2.26. The van der Waals surface area contributed by atoms with Crippen LogP contribution in [0.2, 0.25) is 0 Å². The first-order valence-electron chi connectivity index (χ1n) is 13.4. The first-order valence-corrected chi connectivity index (χ1v) is 13.4. The molecule has 4 nitrogen and oxygen atoms in total. The Morgan fingerprint density at radius 3 is 2.49 bits per heavy atom. The summed E-state index contributed by atoms with van der Waals surface area (Å²) in [4.78, 5) is 17.8. The standard InChI is InChI=1S/C30H39N3O.ClH/c31-25-14-12-22(13-15-25)17-26(34)18-28(24-9-6-16-32-19-24)29-21-33(20-23-7-2-1-3-8-23)30-11-5-4-10-27(29)30;/h4-6,9-11,16,19,21-23,25,28H,1-3,7-8,12-15,17-18,20,31H2;1H. The van der Waals surface area contributed by atoms with Gasteiger partial charge in [0.05, 0.1) is 0 Å². The Kier molecular flexibility index (Phi) is 9.02. The van der Waals surface area contributed by atoms with Gasteiger partial charge in [0, 0.05) is 60.8 Å². The second-order valence-corrected chi connectivity index (χ2v) is 10.8. The normalized spacial score (nSPS) is 22.0. The van der Waals surface area contributed by atoms with Crippen molar-refractivity contribution in [3.8, 4) is 0 Å².